The van der Waals surface area contributed by atoms with Gasteiger partial charge in [-0.25, -0.2) is 4.21 Å². The molecule has 0 spiro atoms. The van der Waals surface area contributed by atoms with Crippen molar-refractivity contribution >= 4 is 27.2 Å². The Morgan fingerprint density at radius 2 is 2.62 bits per heavy atom. The lowest BCUT2D eigenvalue weighted by molar-refractivity contribution is 0.700. The molecule has 4 heteroatoms. The highest BCUT2D eigenvalue weighted by Crippen LogP contribution is 2.03. The Bertz CT molecular complexity index is 122. The van der Waals surface area contributed by atoms with E-state index in [1.165, 1.54) is 0 Å². The predicted molar refractivity (Wildman–Crippen MR) is 38.5 cm³/mol. The zero-order chi connectivity index (χ0) is 5.82. The van der Waals surface area contributed by atoms with Crippen LogP contribution in [0, 0.1) is 0 Å². The molecule has 0 aliphatic carbocycles. The highest BCUT2D eigenvalue weighted by Gasteiger charge is 2.03. The number of hydrogen-bond donors (Lipinski definition) is 1. The van der Waals surface area contributed by atoms with Crippen molar-refractivity contribution in [2.75, 3.05) is 18.8 Å². The maximum Gasteiger partial charge on any atom is 0.100 e. The van der Waals surface area contributed by atoms with Gasteiger partial charge in [-0.15, -0.1) is 11.8 Å². The molecule has 1 rings (SSSR count). The summed E-state index contributed by atoms with van der Waals surface area (Å²) in [5.41, 5.74) is 0. The van der Waals surface area contributed by atoms with E-state index in [2.05, 4.69) is 5.32 Å². The maximum absolute atomic E-state index is 10.1. The Hall–Kier alpha value is 0.200. The molecule has 1 aliphatic heterocycles. The van der Waals surface area contributed by atoms with Crippen LogP contribution < -0.4 is 5.32 Å². The summed E-state index contributed by atoms with van der Waals surface area (Å²) in [5.74, 6) is 1.05. The lowest BCUT2D eigenvalue weighted by Crippen LogP contribution is -2.29. The molecule has 2 nitrogen and oxygen atoms in total. The first kappa shape index (κ1) is 6.32. The zero-order valence-corrected chi connectivity index (χ0v) is 5.98. The van der Waals surface area contributed by atoms with Crippen LogP contribution in [0.25, 0.3) is 0 Å². The van der Waals surface area contributed by atoms with Crippen LogP contribution in [0.15, 0.2) is 0 Å². The summed E-state index contributed by atoms with van der Waals surface area (Å²) in [6.07, 6.45) is 0. The smallest absolute Gasteiger partial charge is 0.100 e. The van der Waals surface area contributed by atoms with Gasteiger partial charge in [-0.3, -0.25) is 0 Å². The van der Waals surface area contributed by atoms with Gasteiger partial charge in [0.2, 0.25) is 0 Å². The van der Waals surface area contributed by atoms with Crippen molar-refractivity contribution in [3.05, 3.63) is 0 Å². The fraction of sp³-hybridized carbons (Fsp3) is 0.750. The second kappa shape index (κ2) is 3.27. The molecule has 0 amide bonds. The number of rotatable bonds is 0. The van der Waals surface area contributed by atoms with Gasteiger partial charge in [0.25, 0.3) is 0 Å². The normalized spacial score (nSPS) is 20.8. The van der Waals surface area contributed by atoms with Gasteiger partial charge in [0, 0.05) is 18.8 Å². The van der Waals surface area contributed by atoms with Crippen molar-refractivity contribution in [2.24, 2.45) is 0 Å². The van der Waals surface area contributed by atoms with Crippen molar-refractivity contribution in [3.63, 3.8) is 0 Å². The summed E-state index contributed by atoms with van der Waals surface area (Å²) in [6, 6.07) is 0. The van der Waals surface area contributed by atoms with E-state index in [-0.39, 0.29) is 0 Å². The molecule has 0 bridgehead atoms. The van der Waals surface area contributed by atoms with E-state index >= 15 is 0 Å². The quantitative estimate of drug-likeness (QED) is 0.478. The van der Waals surface area contributed by atoms with Crippen LogP contribution in [0.4, 0.5) is 0 Å². The van der Waals surface area contributed by atoms with Crippen molar-refractivity contribution in [2.45, 2.75) is 0 Å². The van der Waals surface area contributed by atoms with E-state index in [0.717, 1.165) is 23.0 Å². The van der Waals surface area contributed by atoms with Gasteiger partial charge >= 0.3 is 0 Å². The van der Waals surface area contributed by atoms with Crippen molar-refractivity contribution in [1.29, 1.82) is 0 Å². The summed E-state index contributed by atoms with van der Waals surface area (Å²) in [7, 11) is 0. The predicted octanol–water partition coefficient (Wildman–Crippen LogP) is -0.334. The second-order valence-electron chi connectivity index (χ2n) is 1.48. The van der Waals surface area contributed by atoms with Crippen molar-refractivity contribution in [3.8, 4) is 0 Å². The third-order valence-electron chi connectivity index (χ3n) is 0.904. The molecule has 1 aliphatic rings. The molecule has 0 atom stereocenters. The topological polar surface area (TPSA) is 29.1 Å². The lowest BCUT2D eigenvalue weighted by atomic mass is 10.6. The Kier molecular flexibility index (Phi) is 2.58. The van der Waals surface area contributed by atoms with Gasteiger partial charge in [0.1, 0.15) is 11.3 Å². The molecule has 0 unspecified atom stereocenters. The third kappa shape index (κ3) is 1.61. The fourth-order valence-electron chi connectivity index (χ4n) is 0.532. The van der Waals surface area contributed by atoms with E-state index in [4.69, 9.17) is 0 Å². The zero-order valence-electron chi connectivity index (χ0n) is 4.35. The van der Waals surface area contributed by atoms with E-state index in [0.29, 0.717) is 11.3 Å². The number of hydrogen-bond acceptors (Lipinski definition) is 3. The number of nitrogens with one attached hydrogen (secondary N) is 1. The molecule has 46 valence electrons. The highest BCUT2D eigenvalue weighted by atomic mass is 32.2. The molecule has 1 saturated heterocycles. The Morgan fingerprint density at radius 3 is 3.00 bits per heavy atom. The molecule has 1 N–H and O–H groups in total. The van der Waals surface area contributed by atoms with Gasteiger partial charge in [-0.1, -0.05) is 0 Å². The molecule has 1 fully saturated rings. The van der Waals surface area contributed by atoms with E-state index in [1.54, 1.807) is 11.8 Å². The van der Waals surface area contributed by atoms with Crippen LogP contribution in [0.2, 0.25) is 0 Å². The van der Waals surface area contributed by atoms with Gasteiger partial charge in [-0.2, -0.15) is 0 Å². The molecule has 8 heavy (non-hydrogen) atoms. The van der Waals surface area contributed by atoms with Gasteiger partial charge in [-0.05, 0) is 0 Å². The molecular weight excluding hydrogens is 142 g/mol. The summed E-state index contributed by atoms with van der Waals surface area (Å²) in [4.78, 5) is 0. The van der Waals surface area contributed by atoms with E-state index in [1.807, 2.05) is 0 Å². The minimum Gasteiger partial charge on any atom is -0.310 e. The third-order valence-corrected chi connectivity index (χ3v) is 2.67. The number of thioether (sulfide) groups is 1. The first-order valence-corrected chi connectivity index (χ1v) is 4.15. The van der Waals surface area contributed by atoms with Crippen molar-refractivity contribution < 1.29 is 4.21 Å². The maximum atomic E-state index is 10.1. The molecule has 0 saturated carbocycles. The van der Waals surface area contributed by atoms with Crippen LogP contribution in [-0.2, 0) is 11.3 Å². The molecule has 0 aromatic heterocycles. The summed E-state index contributed by atoms with van der Waals surface area (Å²) in [5, 5.41) is 3.11. The molecule has 0 radical (unpaired) electrons. The second-order valence-corrected chi connectivity index (χ2v) is 3.59. The van der Waals surface area contributed by atoms with E-state index in [9.17, 15) is 4.21 Å². The average molecular weight is 149 g/mol. The summed E-state index contributed by atoms with van der Waals surface area (Å²) < 4.78 is 11.1. The summed E-state index contributed by atoms with van der Waals surface area (Å²) in [6.45, 7) is 1.83. The average Bonchev–Trinajstić information content (AvgIpc) is 1.90. The Balaban J connectivity index is 2.45. The Labute approximate surface area is 56.1 Å². The monoisotopic (exact) mass is 149 g/mol. The highest BCUT2D eigenvalue weighted by molar-refractivity contribution is 8.21. The van der Waals surface area contributed by atoms with Crippen LogP contribution in [0.1, 0.15) is 0 Å². The van der Waals surface area contributed by atoms with Crippen molar-refractivity contribution in [1.82, 2.24) is 5.32 Å². The lowest BCUT2D eigenvalue weighted by Gasteiger charge is -2.09. The van der Waals surface area contributed by atoms with E-state index < -0.39 is 0 Å². The van der Waals surface area contributed by atoms with Gasteiger partial charge in [0.15, 0.2) is 0 Å². The van der Waals surface area contributed by atoms with Crippen LogP contribution in [-0.4, -0.2) is 27.2 Å². The molecule has 0 aromatic rings. The van der Waals surface area contributed by atoms with Crippen LogP contribution in [0.5, 0.6) is 0 Å². The molecule has 1 heterocycles. The minimum absolute atomic E-state index is 0.613. The largest absolute Gasteiger partial charge is 0.310 e. The first-order valence-electron chi connectivity index (χ1n) is 2.42. The fourth-order valence-corrected chi connectivity index (χ4v) is 1.81. The minimum atomic E-state index is 0.613. The first-order chi connectivity index (χ1) is 3.93. The summed E-state index contributed by atoms with van der Waals surface area (Å²) >= 11 is 2.28. The van der Waals surface area contributed by atoms with Gasteiger partial charge in [0.05, 0.1) is 4.20 Å². The SMILES string of the molecule is O=S=C1CNCCS1. The van der Waals surface area contributed by atoms with Crippen LogP contribution in [0.3, 0.4) is 0 Å². The van der Waals surface area contributed by atoms with Crippen LogP contribution >= 0.6 is 11.8 Å². The molecule has 0 aromatic carbocycles. The van der Waals surface area contributed by atoms with Gasteiger partial charge < -0.3 is 5.32 Å². The Morgan fingerprint density at radius 1 is 1.75 bits per heavy atom. The standard InChI is InChI=1S/C4H7NOS2/c6-8-4-3-5-1-2-7-4/h5H,1-3H2. The molecular formula is C4H7NOS2.